The Bertz CT molecular complexity index is 1530. The molecule has 0 radical (unpaired) electrons. The van der Waals surface area contributed by atoms with E-state index in [0.717, 1.165) is 59.5 Å². The first-order valence-electron chi connectivity index (χ1n) is 13.7. The van der Waals surface area contributed by atoms with Gasteiger partial charge in [0.25, 0.3) is 0 Å². The number of anilines is 2. The molecule has 0 spiro atoms. The lowest BCUT2D eigenvalue weighted by Crippen LogP contribution is -2.44. The number of aromatic nitrogens is 3. The van der Waals surface area contributed by atoms with Crippen molar-refractivity contribution in [1.82, 2.24) is 24.4 Å². The Hall–Kier alpha value is -4.28. The fourth-order valence-corrected chi connectivity index (χ4v) is 5.57. The highest BCUT2D eigenvalue weighted by atomic mass is 16.5. The summed E-state index contributed by atoms with van der Waals surface area (Å²) in [5.41, 5.74) is 19.1. The number of fused-ring (bicyclic) bond motifs is 1. The van der Waals surface area contributed by atoms with E-state index in [0.29, 0.717) is 44.4 Å². The van der Waals surface area contributed by atoms with Crippen LogP contribution in [0.1, 0.15) is 29.2 Å². The molecule has 2 aliphatic heterocycles. The first-order valence-corrected chi connectivity index (χ1v) is 13.7. The summed E-state index contributed by atoms with van der Waals surface area (Å²) < 4.78 is 7.29. The van der Waals surface area contributed by atoms with Gasteiger partial charge >= 0.3 is 0 Å². The molecule has 1 unspecified atom stereocenters. The first kappa shape index (κ1) is 26.0. The summed E-state index contributed by atoms with van der Waals surface area (Å²) in [5.74, 6) is 0.712. The maximum absolute atomic E-state index is 13.0. The highest BCUT2D eigenvalue weighted by Crippen LogP contribution is 2.37. The molecular formula is C30H34N8O2. The molecule has 2 aromatic heterocycles. The molecule has 6 rings (SSSR count). The number of rotatable bonds is 7. The Morgan fingerprint density at radius 3 is 2.70 bits per heavy atom. The lowest BCUT2D eigenvalue weighted by atomic mass is 10.0. The van der Waals surface area contributed by atoms with Crippen LogP contribution in [0.3, 0.4) is 0 Å². The van der Waals surface area contributed by atoms with E-state index < -0.39 is 0 Å². The Kier molecular flexibility index (Phi) is 7.43. The molecule has 10 heteroatoms. The molecule has 0 saturated carbocycles. The summed E-state index contributed by atoms with van der Waals surface area (Å²) in [7, 11) is 0. The lowest BCUT2D eigenvalue weighted by molar-refractivity contribution is -0.132. The van der Waals surface area contributed by atoms with Crippen LogP contribution in [0.5, 0.6) is 0 Å². The smallest absolute Gasteiger partial charge is 0.236 e. The van der Waals surface area contributed by atoms with Crippen LogP contribution in [0.4, 0.5) is 11.5 Å². The minimum atomic E-state index is 0.144. The number of nitrogens with zero attached hydrogens (tertiary/aromatic N) is 6. The highest BCUT2D eigenvalue weighted by molar-refractivity contribution is 5.93. The number of nitrogens with two attached hydrogens (primary N) is 2. The van der Waals surface area contributed by atoms with Crippen LogP contribution in [0, 0.1) is 0 Å². The summed E-state index contributed by atoms with van der Waals surface area (Å²) in [5, 5.41) is 4.55. The standard InChI is InChI=1S/C30H34N8O2/c31-26-14-22(6-7-23(26)17-33-16-21-4-2-1-3-5-21)25-15-27(38-29(25)30(32)34-20-35-38)24-8-9-37(18-24)28(39)19-36-10-12-40-13-11-36/h1-7,14-15,17,20,24H,8-13,16,18-19,31H2,(H2,32,34,35). The molecule has 2 fully saturated rings. The van der Waals surface area contributed by atoms with E-state index in [1.165, 1.54) is 6.33 Å². The van der Waals surface area contributed by atoms with Gasteiger partial charge in [-0.3, -0.25) is 14.7 Å². The number of hydrogen-bond acceptors (Lipinski definition) is 8. The van der Waals surface area contributed by atoms with Gasteiger partial charge in [0.1, 0.15) is 11.8 Å². The van der Waals surface area contributed by atoms with Crippen LogP contribution < -0.4 is 11.5 Å². The minimum absolute atomic E-state index is 0.144. The van der Waals surface area contributed by atoms with Crippen molar-refractivity contribution in [2.75, 3.05) is 57.4 Å². The molecule has 4 N–H and O–H groups in total. The number of likely N-dealkylation sites (tertiary alicyclic amines) is 1. The molecule has 1 atom stereocenters. The zero-order valence-electron chi connectivity index (χ0n) is 22.4. The van der Waals surface area contributed by atoms with Gasteiger partial charge < -0.3 is 21.1 Å². The number of aliphatic imine (C=N–C) groups is 1. The second-order valence-corrected chi connectivity index (χ2v) is 10.4. The third-order valence-electron chi connectivity index (χ3n) is 7.78. The SMILES string of the molecule is Nc1cc(-c2cc(C3CCN(C(=O)CN4CCOCC4)C3)n3ncnc(N)c23)ccc1C=NCc1ccccc1. The first-order chi connectivity index (χ1) is 19.6. The summed E-state index contributed by atoms with van der Waals surface area (Å²) in [6.45, 7) is 5.37. The number of amides is 1. The number of hydrogen-bond donors (Lipinski definition) is 2. The molecule has 10 nitrogen and oxygen atoms in total. The number of nitrogen functional groups attached to an aromatic ring is 2. The summed E-state index contributed by atoms with van der Waals surface area (Å²) in [6.07, 6.45) is 4.16. The molecule has 2 aromatic carbocycles. The number of benzene rings is 2. The van der Waals surface area contributed by atoms with Crippen LogP contribution in [0.25, 0.3) is 16.6 Å². The normalized spacial score (nSPS) is 18.2. The monoisotopic (exact) mass is 538 g/mol. The molecule has 2 aliphatic rings. The number of carbonyl (C=O) groups is 1. The van der Waals surface area contributed by atoms with Crippen molar-refractivity contribution in [2.45, 2.75) is 18.9 Å². The van der Waals surface area contributed by atoms with E-state index in [9.17, 15) is 4.79 Å². The van der Waals surface area contributed by atoms with E-state index in [4.69, 9.17) is 16.2 Å². The van der Waals surface area contributed by atoms with Gasteiger partial charge in [-0.05, 0) is 29.7 Å². The van der Waals surface area contributed by atoms with Crippen LogP contribution in [0.2, 0.25) is 0 Å². The van der Waals surface area contributed by atoms with Crippen LogP contribution >= 0.6 is 0 Å². The molecular weight excluding hydrogens is 504 g/mol. The van der Waals surface area contributed by atoms with Gasteiger partial charge in [-0.15, -0.1) is 0 Å². The molecule has 0 bridgehead atoms. The molecule has 206 valence electrons. The molecule has 0 aliphatic carbocycles. The van der Waals surface area contributed by atoms with Crippen molar-refractivity contribution in [3.05, 3.63) is 77.7 Å². The van der Waals surface area contributed by atoms with E-state index in [-0.39, 0.29) is 11.8 Å². The molecule has 4 aromatic rings. The maximum Gasteiger partial charge on any atom is 0.236 e. The molecule has 1 amide bonds. The van der Waals surface area contributed by atoms with Crippen LogP contribution in [-0.2, 0) is 16.1 Å². The topological polar surface area (TPSA) is 127 Å². The van der Waals surface area contributed by atoms with Crippen molar-refractivity contribution in [3.8, 4) is 11.1 Å². The predicted molar refractivity (Wildman–Crippen MR) is 156 cm³/mol. The summed E-state index contributed by atoms with van der Waals surface area (Å²) >= 11 is 0. The Labute approximate surface area is 233 Å². The Balaban J connectivity index is 1.23. The number of carbonyl (C=O) groups excluding carboxylic acids is 1. The number of ether oxygens (including phenoxy) is 1. The Morgan fingerprint density at radius 2 is 1.90 bits per heavy atom. The third-order valence-corrected chi connectivity index (χ3v) is 7.78. The van der Waals surface area contributed by atoms with Gasteiger partial charge in [0.2, 0.25) is 5.91 Å². The van der Waals surface area contributed by atoms with Crippen molar-refractivity contribution in [3.63, 3.8) is 0 Å². The zero-order valence-corrected chi connectivity index (χ0v) is 22.4. The maximum atomic E-state index is 13.0. The van der Waals surface area contributed by atoms with Crippen molar-refractivity contribution in [1.29, 1.82) is 0 Å². The zero-order chi connectivity index (χ0) is 27.5. The van der Waals surface area contributed by atoms with Gasteiger partial charge in [-0.25, -0.2) is 9.50 Å². The third kappa shape index (κ3) is 5.41. The van der Waals surface area contributed by atoms with Gasteiger partial charge in [0, 0.05) is 60.8 Å². The molecule has 4 heterocycles. The number of morpholine rings is 1. The van der Waals surface area contributed by atoms with Crippen LogP contribution in [0.15, 0.2) is 65.9 Å². The van der Waals surface area contributed by atoms with Crippen LogP contribution in [-0.4, -0.2) is 82.5 Å². The average Bonchev–Trinajstić information content (AvgIpc) is 3.61. The van der Waals surface area contributed by atoms with E-state index in [1.54, 1.807) is 0 Å². The van der Waals surface area contributed by atoms with E-state index in [2.05, 4.69) is 38.2 Å². The van der Waals surface area contributed by atoms with Gasteiger partial charge in [0.15, 0.2) is 5.82 Å². The summed E-state index contributed by atoms with van der Waals surface area (Å²) in [6, 6.07) is 18.2. The van der Waals surface area contributed by atoms with E-state index in [1.807, 2.05) is 52.0 Å². The fourth-order valence-electron chi connectivity index (χ4n) is 5.57. The van der Waals surface area contributed by atoms with Gasteiger partial charge in [-0.2, -0.15) is 5.10 Å². The van der Waals surface area contributed by atoms with Crippen molar-refractivity contribution >= 4 is 29.1 Å². The largest absolute Gasteiger partial charge is 0.398 e. The Morgan fingerprint density at radius 1 is 1.07 bits per heavy atom. The van der Waals surface area contributed by atoms with E-state index >= 15 is 0 Å². The summed E-state index contributed by atoms with van der Waals surface area (Å²) in [4.78, 5) is 26.0. The predicted octanol–water partition coefficient (Wildman–Crippen LogP) is 2.83. The fraction of sp³-hybridized carbons (Fsp3) is 0.333. The van der Waals surface area contributed by atoms with Crippen molar-refractivity contribution in [2.24, 2.45) is 4.99 Å². The average molecular weight is 539 g/mol. The second kappa shape index (κ2) is 11.4. The second-order valence-electron chi connectivity index (χ2n) is 10.4. The quantitative estimate of drug-likeness (QED) is 0.274. The lowest BCUT2D eigenvalue weighted by Gasteiger charge is -2.28. The molecule has 2 saturated heterocycles. The highest BCUT2D eigenvalue weighted by Gasteiger charge is 2.31. The minimum Gasteiger partial charge on any atom is -0.398 e. The van der Waals surface area contributed by atoms with Gasteiger partial charge in [0.05, 0.1) is 26.3 Å². The van der Waals surface area contributed by atoms with Crippen molar-refractivity contribution < 1.29 is 9.53 Å². The molecule has 40 heavy (non-hydrogen) atoms. The van der Waals surface area contributed by atoms with Gasteiger partial charge in [-0.1, -0.05) is 42.5 Å².